The highest BCUT2D eigenvalue weighted by Gasteiger charge is 2.37. The first kappa shape index (κ1) is 15.0. The fraction of sp³-hybridized carbons (Fsp3) is 0.385. The van der Waals surface area contributed by atoms with Crippen molar-refractivity contribution in [2.24, 2.45) is 0 Å². The first-order valence-corrected chi connectivity index (χ1v) is 8.42. The molecule has 1 aromatic carbocycles. The smallest absolute Gasteiger partial charge is 0.299 e. The van der Waals surface area contributed by atoms with E-state index in [1.54, 1.807) is 19.1 Å². The number of hydrogen-bond acceptors (Lipinski definition) is 4. The van der Waals surface area contributed by atoms with Gasteiger partial charge in [0.2, 0.25) is 0 Å². The van der Waals surface area contributed by atoms with Gasteiger partial charge >= 0.3 is 0 Å². The Morgan fingerprint density at radius 1 is 1.20 bits per heavy atom. The first-order valence-electron chi connectivity index (χ1n) is 6.22. The van der Waals surface area contributed by atoms with E-state index in [-0.39, 0.29) is 28.6 Å². The van der Waals surface area contributed by atoms with Gasteiger partial charge in [0.25, 0.3) is 11.7 Å². The number of rotatable bonds is 5. The maximum atomic E-state index is 11.9. The quantitative estimate of drug-likeness (QED) is 0.775. The second-order valence-electron chi connectivity index (χ2n) is 4.57. The van der Waals surface area contributed by atoms with E-state index in [0.717, 1.165) is 4.90 Å². The number of nitrogens with zero attached hydrogens (tertiary/aromatic N) is 1. The molecule has 1 aliphatic rings. The third-order valence-corrected chi connectivity index (χ3v) is 5.22. The number of halogens is 1. The minimum Gasteiger partial charge on any atom is -0.302 e. The summed E-state index contributed by atoms with van der Waals surface area (Å²) in [5, 5.41) is 0.273. The van der Waals surface area contributed by atoms with Gasteiger partial charge in [0.05, 0.1) is 22.0 Å². The lowest BCUT2D eigenvalue weighted by Crippen LogP contribution is -2.34. The molecule has 0 radical (unpaired) electrons. The fourth-order valence-electron chi connectivity index (χ4n) is 2.17. The predicted molar refractivity (Wildman–Crippen MR) is 77.1 cm³/mol. The van der Waals surface area contributed by atoms with Crippen molar-refractivity contribution in [2.75, 3.05) is 23.0 Å². The van der Waals surface area contributed by atoms with Crippen molar-refractivity contribution in [3.05, 3.63) is 28.8 Å². The summed E-state index contributed by atoms with van der Waals surface area (Å²) in [5.41, 5.74) is 0.547. The normalized spacial score (nSPS) is 14.8. The van der Waals surface area contributed by atoms with Crippen LogP contribution >= 0.6 is 11.6 Å². The van der Waals surface area contributed by atoms with Crippen molar-refractivity contribution < 1.29 is 18.0 Å². The van der Waals surface area contributed by atoms with Crippen LogP contribution in [0.3, 0.4) is 0 Å². The van der Waals surface area contributed by atoms with Crippen LogP contribution < -0.4 is 4.90 Å². The number of carbonyl (C=O) groups excluding carboxylic acids is 2. The Balaban J connectivity index is 2.27. The number of para-hydroxylation sites is 1. The number of benzene rings is 1. The topological polar surface area (TPSA) is 71.5 Å². The second kappa shape index (κ2) is 5.54. The third-order valence-electron chi connectivity index (χ3n) is 3.08. The molecular weight excluding hydrogens is 302 g/mol. The molecule has 1 aliphatic heterocycles. The fourth-order valence-corrected chi connectivity index (χ4v) is 3.73. The lowest BCUT2D eigenvalue weighted by molar-refractivity contribution is -0.114. The summed E-state index contributed by atoms with van der Waals surface area (Å²) in [6.45, 7) is 1.72. The Labute approximate surface area is 122 Å². The molecule has 0 saturated carbocycles. The van der Waals surface area contributed by atoms with Gasteiger partial charge < -0.3 is 4.90 Å². The van der Waals surface area contributed by atoms with E-state index in [0.29, 0.717) is 12.1 Å². The van der Waals surface area contributed by atoms with Gasteiger partial charge in [-0.1, -0.05) is 24.6 Å². The van der Waals surface area contributed by atoms with Crippen molar-refractivity contribution >= 4 is 38.8 Å². The van der Waals surface area contributed by atoms with E-state index in [1.807, 2.05) is 0 Å². The molecule has 0 fully saturated rings. The Hall–Kier alpha value is -1.40. The van der Waals surface area contributed by atoms with Gasteiger partial charge in [-0.25, -0.2) is 8.42 Å². The molecule has 0 spiro atoms. The molecule has 0 aromatic heterocycles. The summed E-state index contributed by atoms with van der Waals surface area (Å²) in [6.07, 6.45) is 0.520. The number of fused-ring (bicyclic) bond motifs is 1. The highest BCUT2D eigenvalue weighted by Crippen LogP contribution is 2.35. The summed E-state index contributed by atoms with van der Waals surface area (Å²) in [5.74, 6) is -1.47. The van der Waals surface area contributed by atoms with Gasteiger partial charge in [0, 0.05) is 12.3 Å². The zero-order chi connectivity index (χ0) is 14.9. The zero-order valence-corrected chi connectivity index (χ0v) is 12.5. The minimum atomic E-state index is -3.22. The molecule has 0 saturated heterocycles. The monoisotopic (exact) mass is 315 g/mol. The molecule has 7 heteroatoms. The molecule has 108 valence electrons. The van der Waals surface area contributed by atoms with Crippen molar-refractivity contribution in [1.82, 2.24) is 0 Å². The van der Waals surface area contributed by atoms with Crippen LogP contribution in [0.2, 0.25) is 5.02 Å². The number of amides is 1. The van der Waals surface area contributed by atoms with Crippen molar-refractivity contribution in [3.63, 3.8) is 0 Å². The molecule has 5 nitrogen and oxygen atoms in total. The van der Waals surface area contributed by atoms with Crippen LogP contribution in [-0.4, -0.2) is 38.2 Å². The molecule has 20 heavy (non-hydrogen) atoms. The molecule has 0 N–H and O–H groups in total. The number of ketones is 1. The van der Waals surface area contributed by atoms with E-state index in [2.05, 4.69) is 0 Å². The predicted octanol–water partition coefficient (Wildman–Crippen LogP) is 1.69. The van der Waals surface area contributed by atoms with E-state index < -0.39 is 21.5 Å². The van der Waals surface area contributed by atoms with Crippen LogP contribution in [0.5, 0.6) is 0 Å². The van der Waals surface area contributed by atoms with Gasteiger partial charge in [0.1, 0.15) is 0 Å². The van der Waals surface area contributed by atoms with E-state index >= 15 is 0 Å². The van der Waals surface area contributed by atoms with Crippen LogP contribution in [0, 0.1) is 0 Å². The Kier molecular flexibility index (Phi) is 4.15. The number of hydrogen-bond donors (Lipinski definition) is 0. The number of anilines is 1. The number of carbonyl (C=O) groups is 2. The third kappa shape index (κ3) is 2.71. The van der Waals surface area contributed by atoms with Crippen LogP contribution in [0.4, 0.5) is 5.69 Å². The van der Waals surface area contributed by atoms with E-state index in [1.165, 1.54) is 6.07 Å². The molecule has 1 aromatic rings. The molecule has 1 heterocycles. The largest absolute Gasteiger partial charge is 0.302 e. The van der Waals surface area contributed by atoms with Crippen LogP contribution in [0.15, 0.2) is 18.2 Å². The SMILES string of the molecule is CCCS(=O)(=O)CCN1C(=O)C(=O)c2cccc(Cl)c21. The number of sulfone groups is 1. The Bertz CT molecular complexity index is 669. The lowest BCUT2D eigenvalue weighted by atomic mass is 10.1. The van der Waals surface area contributed by atoms with Crippen molar-refractivity contribution in [2.45, 2.75) is 13.3 Å². The molecule has 2 rings (SSSR count). The standard InChI is InChI=1S/C13H14ClNO4S/c1-2-7-20(18,19)8-6-15-11-9(12(16)13(15)17)4-3-5-10(11)14/h3-5H,2,6-8H2,1H3. The van der Waals surface area contributed by atoms with E-state index in [4.69, 9.17) is 11.6 Å². The van der Waals surface area contributed by atoms with Gasteiger partial charge in [-0.05, 0) is 18.6 Å². The summed E-state index contributed by atoms with van der Waals surface area (Å²) >= 11 is 6.01. The minimum absolute atomic E-state index is 0.0519. The molecular formula is C13H14ClNO4S. The Morgan fingerprint density at radius 2 is 1.90 bits per heavy atom. The molecule has 0 atom stereocenters. The van der Waals surface area contributed by atoms with Gasteiger partial charge in [-0.2, -0.15) is 0 Å². The molecule has 0 unspecified atom stereocenters. The lowest BCUT2D eigenvalue weighted by Gasteiger charge is -2.17. The highest BCUT2D eigenvalue weighted by atomic mass is 35.5. The molecule has 1 amide bonds. The average Bonchev–Trinajstić information content (AvgIpc) is 2.62. The maximum absolute atomic E-state index is 11.9. The molecule has 0 aliphatic carbocycles. The second-order valence-corrected chi connectivity index (χ2v) is 7.28. The van der Waals surface area contributed by atoms with E-state index in [9.17, 15) is 18.0 Å². The van der Waals surface area contributed by atoms with Crippen molar-refractivity contribution in [1.29, 1.82) is 0 Å². The summed E-state index contributed by atoms with van der Waals surface area (Å²) in [6, 6.07) is 4.67. The number of Topliss-reactive ketones (excluding diaryl/α,β-unsaturated/α-hetero) is 1. The Morgan fingerprint density at radius 3 is 2.55 bits per heavy atom. The van der Waals surface area contributed by atoms with Gasteiger partial charge in [-0.15, -0.1) is 0 Å². The van der Waals surface area contributed by atoms with Gasteiger partial charge in [0.15, 0.2) is 9.84 Å². The maximum Gasteiger partial charge on any atom is 0.299 e. The molecule has 0 bridgehead atoms. The summed E-state index contributed by atoms with van der Waals surface area (Å²) in [4.78, 5) is 24.9. The van der Waals surface area contributed by atoms with Crippen LogP contribution in [0.1, 0.15) is 23.7 Å². The van der Waals surface area contributed by atoms with Crippen LogP contribution in [0.25, 0.3) is 0 Å². The highest BCUT2D eigenvalue weighted by molar-refractivity contribution is 7.91. The summed E-state index contributed by atoms with van der Waals surface area (Å²) < 4.78 is 23.4. The van der Waals surface area contributed by atoms with Gasteiger partial charge in [-0.3, -0.25) is 9.59 Å². The summed E-state index contributed by atoms with van der Waals surface area (Å²) in [7, 11) is -3.22. The first-order chi connectivity index (χ1) is 9.37. The van der Waals surface area contributed by atoms with Crippen LogP contribution in [-0.2, 0) is 14.6 Å². The van der Waals surface area contributed by atoms with Crippen molar-refractivity contribution in [3.8, 4) is 0 Å². The zero-order valence-electron chi connectivity index (χ0n) is 10.9. The average molecular weight is 316 g/mol.